The quantitative estimate of drug-likeness (QED) is 0.431. The average Bonchev–Trinajstić information content (AvgIpc) is 2.66. The SMILES string of the molecule is CCCCCNC(=O)c1cccnc1SCCC(F)(F)c1ccc(F)cc1. The highest BCUT2D eigenvalue weighted by Crippen LogP contribution is 2.34. The second-order valence-electron chi connectivity index (χ2n) is 6.13. The minimum absolute atomic E-state index is 0.0809. The van der Waals surface area contributed by atoms with Crippen LogP contribution in [0.25, 0.3) is 0 Å². The van der Waals surface area contributed by atoms with Gasteiger partial charge in [0.15, 0.2) is 0 Å². The number of benzene rings is 1. The van der Waals surface area contributed by atoms with Crippen LogP contribution in [0.5, 0.6) is 0 Å². The zero-order chi connectivity index (χ0) is 19.7. The van der Waals surface area contributed by atoms with Gasteiger partial charge < -0.3 is 5.32 Å². The molecule has 3 nitrogen and oxygen atoms in total. The fourth-order valence-corrected chi connectivity index (χ4v) is 3.47. The van der Waals surface area contributed by atoms with E-state index in [0.717, 1.165) is 55.3 Å². The minimum Gasteiger partial charge on any atom is -0.352 e. The van der Waals surface area contributed by atoms with E-state index in [0.29, 0.717) is 17.1 Å². The van der Waals surface area contributed by atoms with Gasteiger partial charge in [-0.25, -0.2) is 18.2 Å². The van der Waals surface area contributed by atoms with E-state index in [1.807, 2.05) is 0 Å². The number of unbranched alkanes of at least 4 members (excludes halogenated alkanes) is 2. The van der Waals surface area contributed by atoms with Crippen molar-refractivity contribution in [3.8, 4) is 0 Å². The van der Waals surface area contributed by atoms with Crippen molar-refractivity contribution in [1.82, 2.24) is 10.3 Å². The van der Waals surface area contributed by atoms with Crippen LogP contribution in [0.4, 0.5) is 13.2 Å². The molecule has 0 saturated heterocycles. The molecule has 0 radical (unpaired) electrons. The molecule has 146 valence electrons. The Morgan fingerprint density at radius 2 is 1.93 bits per heavy atom. The third-order valence-corrected chi connectivity index (χ3v) is 5.01. The highest BCUT2D eigenvalue weighted by Gasteiger charge is 2.31. The summed E-state index contributed by atoms with van der Waals surface area (Å²) >= 11 is 1.12. The molecule has 0 atom stereocenters. The molecule has 0 unspecified atom stereocenters. The third-order valence-electron chi connectivity index (χ3n) is 4.00. The lowest BCUT2D eigenvalue weighted by molar-refractivity contribution is -0.00707. The molecule has 1 N–H and O–H groups in total. The van der Waals surface area contributed by atoms with Crippen LogP contribution < -0.4 is 5.32 Å². The first kappa shape index (κ1) is 21.3. The van der Waals surface area contributed by atoms with E-state index < -0.39 is 18.2 Å². The molecular weight excluding hydrogens is 373 g/mol. The molecule has 0 saturated carbocycles. The first-order chi connectivity index (χ1) is 12.9. The minimum atomic E-state index is -3.07. The van der Waals surface area contributed by atoms with E-state index in [1.165, 1.54) is 6.20 Å². The van der Waals surface area contributed by atoms with Crippen LogP contribution in [-0.2, 0) is 5.92 Å². The Labute approximate surface area is 161 Å². The summed E-state index contributed by atoms with van der Waals surface area (Å²) in [6.07, 6.45) is 4.10. The van der Waals surface area contributed by atoms with Crippen LogP contribution in [0.15, 0.2) is 47.6 Å². The maximum atomic E-state index is 14.3. The topological polar surface area (TPSA) is 42.0 Å². The zero-order valence-corrected chi connectivity index (χ0v) is 16.0. The van der Waals surface area contributed by atoms with Crippen LogP contribution >= 0.6 is 11.8 Å². The van der Waals surface area contributed by atoms with E-state index in [4.69, 9.17) is 0 Å². The summed E-state index contributed by atoms with van der Waals surface area (Å²) in [4.78, 5) is 16.4. The lowest BCUT2D eigenvalue weighted by Crippen LogP contribution is -2.25. The normalized spacial score (nSPS) is 11.4. The van der Waals surface area contributed by atoms with Crippen molar-refractivity contribution in [1.29, 1.82) is 0 Å². The van der Waals surface area contributed by atoms with Crippen molar-refractivity contribution in [2.75, 3.05) is 12.3 Å². The van der Waals surface area contributed by atoms with E-state index >= 15 is 0 Å². The number of amides is 1. The Balaban J connectivity index is 1.93. The molecule has 2 rings (SSSR count). The molecular formula is C20H23F3N2OS. The Morgan fingerprint density at radius 1 is 1.19 bits per heavy atom. The van der Waals surface area contributed by atoms with E-state index in [1.54, 1.807) is 12.1 Å². The van der Waals surface area contributed by atoms with E-state index in [-0.39, 0.29) is 17.2 Å². The summed E-state index contributed by atoms with van der Waals surface area (Å²) < 4.78 is 41.4. The van der Waals surface area contributed by atoms with Crippen LogP contribution in [-0.4, -0.2) is 23.2 Å². The van der Waals surface area contributed by atoms with Gasteiger partial charge in [0.1, 0.15) is 10.8 Å². The number of carbonyl (C=O) groups excluding carboxylic acids is 1. The smallest absolute Gasteiger partial charge is 0.274 e. The number of hydrogen-bond donors (Lipinski definition) is 1. The van der Waals surface area contributed by atoms with Crippen molar-refractivity contribution >= 4 is 17.7 Å². The summed E-state index contributed by atoms with van der Waals surface area (Å²) in [5, 5.41) is 3.27. The number of hydrogen-bond acceptors (Lipinski definition) is 3. The number of thioether (sulfide) groups is 1. The number of halogens is 3. The number of pyridine rings is 1. The Morgan fingerprint density at radius 3 is 2.63 bits per heavy atom. The van der Waals surface area contributed by atoms with Crippen molar-refractivity contribution < 1.29 is 18.0 Å². The van der Waals surface area contributed by atoms with Crippen molar-refractivity contribution in [3.63, 3.8) is 0 Å². The Hall–Kier alpha value is -2.02. The molecule has 0 spiro atoms. The number of carbonyl (C=O) groups is 1. The van der Waals surface area contributed by atoms with Gasteiger partial charge in [0.05, 0.1) is 5.56 Å². The van der Waals surface area contributed by atoms with E-state index in [2.05, 4.69) is 17.2 Å². The highest BCUT2D eigenvalue weighted by molar-refractivity contribution is 7.99. The number of aromatic nitrogens is 1. The highest BCUT2D eigenvalue weighted by atomic mass is 32.2. The maximum Gasteiger partial charge on any atom is 0.274 e. The molecule has 0 aliphatic carbocycles. The van der Waals surface area contributed by atoms with Gasteiger partial charge in [-0.1, -0.05) is 31.9 Å². The van der Waals surface area contributed by atoms with Crippen molar-refractivity contribution in [2.24, 2.45) is 0 Å². The summed E-state index contributed by atoms with van der Waals surface area (Å²) in [5.41, 5.74) is 0.170. The number of rotatable bonds is 10. The fourth-order valence-electron chi connectivity index (χ4n) is 2.46. The molecule has 1 aromatic heterocycles. The summed E-state index contributed by atoms with van der Waals surface area (Å²) in [6, 6.07) is 7.53. The molecule has 1 amide bonds. The van der Waals surface area contributed by atoms with Crippen LogP contribution in [0.3, 0.4) is 0 Å². The monoisotopic (exact) mass is 396 g/mol. The fraction of sp³-hybridized carbons (Fsp3) is 0.400. The molecule has 1 aromatic carbocycles. The third kappa shape index (κ3) is 6.57. The van der Waals surface area contributed by atoms with Crippen LogP contribution in [0.2, 0.25) is 0 Å². The van der Waals surface area contributed by atoms with Gasteiger partial charge in [0, 0.05) is 30.5 Å². The number of nitrogens with one attached hydrogen (secondary N) is 1. The van der Waals surface area contributed by atoms with Gasteiger partial charge in [-0.05, 0) is 30.7 Å². The zero-order valence-electron chi connectivity index (χ0n) is 15.2. The summed E-state index contributed by atoms with van der Waals surface area (Å²) in [6.45, 7) is 2.66. The lowest BCUT2D eigenvalue weighted by Gasteiger charge is -2.16. The molecule has 7 heteroatoms. The van der Waals surface area contributed by atoms with Crippen molar-refractivity contribution in [3.05, 3.63) is 59.5 Å². The molecule has 0 bridgehead atoms. The predicted octanol–water partition coefficient (Wildman–Crippen LogP) is 5.41. The standard InChI is InChI=1S/C20H23F3N2OS/c1-2-3-4-12-24-18(26)17-6-5-13-25-19(17)27-14-11-20(22,23)15-7-9-16(21)10-8-15/h5-10,13H,2-4,11-12,14H2,1H3,(H,24,26). The Bertz CT molecular complexity index is 738. The van der Waals surface area contributed by atoms with E-state index in [9.17, 15) is 18.0 Å². The second kappa shape index (κ2) is 10.3. The summed E-state index contributed by atoms with van der Waals surface area (Å²) in [7, 11) is 0. The first-order valence-corrected chi connectivity index (χ1v) is 9.92. The van der Waals surface area contributed by atoms with Gasteiger partial charge in [-0.3, -0.25) is 4.79 Å². The van der Waals surface area contributed by atoms with Crippen LogP contribution in [0.1, 0.15) is 48.5 Å². The molecule has 2 aromatic rings. The summed E-state index contributed by atoms with van der Waals surface area (Å²) in [5.74, 6) is -3.78. The molecule has 27 heavy (non-hydrogen) atoms. The Kier molecular flexibility index (Phi) is 8.16. The van der Waals surface area contributed by atoms with Crippen LogP contribution in [0, 0.1) is 5.82 Å². The second-order valence-corrected chi connectivity index (χ2v) is 7.21. The first-order valence-electron chi connectivity index (χ1n) is 8.94. The number of alkyl halides is 2. The molecule has 0 aliphatic rings. The van der Waals surface area contributed by atoms with Crippen molar-refractivity contribution in [2.45, 2.75) is 43.6 Å². The molecule has 0 aliphatic heterocycles. The average molecular weight is 396 g/mol. The van der Waals surface area contributed by atoms with Gasteiger partial charge in [-0.2, -0.15) is 0 Å². The maximum absolute atomic E-state index is 14.3. The molecule has 1 heterocycles. The van der Waals surface area contributed by atoms with Gasteiger partial charge in [0.25, 0.3) is 11.8 Å². The van der Waals surface area contributed by atoms with Gasteiger partial charge in [0.2, 0.25) is 0 Å². The largest absolute Gasteiger partial charge is 0.352 e. The van der Waals surface area contributed by atoms with Gasteiger partial charge in [-0.15, -0.1) is 11.8 Å². The molecule has 0 fully saturated rings. The number of nitrogens with zero attached hydrogens (tertiary/aromatic N) is 1. The lowest BCUT2D eigenvalue weighted by atomic mass is 10.1. The predicted molar refractivity (Wildman–Crippen MR) is 102 cm³/mol. The van der Waals surface area contributed by atoms with Gasteiger partial charge >= 0.3 is 0 Å².